The van der Waals surface area contributed by atoms with Crippen LogP contribution in [0.1, 0.15) is 76.2 Å². The Bertz CT molecular complexity index is 1670. The van der Waals surface area contributed by atoms with Crippen molar-refractivity contribution in [1.29, 1.82) is 0 Å². The summed E-state index contributed by atoms with van der Waals surface area (Å²) >= 11 is 0. The van der Waals surface area contributed by atoms with Crippen molar-refractivity contribution < 1.29 is 18.3 Å². The van der Waals surface area contributed by atoms with Gasteiger partial charge in [0.2, 0.25) is 0 Å². The molecule has 216 valence electrons. The Kier molecular flexibility index (Phi) is 7.58. The number of terminal acetylenes is 1. The maximum atomic E-state index is 14.6. The van der Waals surface area contributed by atoms with Gasteiger partial charge in [-0.1, -0.05) is 25.8 Å². The molecule has 0 radical (unpaired) electrons. The predicted octanol–water partition coefficient (Wildman–Crippen LogP) is 5.09. The Balaban J connectivity index is 1.59. The summed E-state index contributed by atoms with van der Waals surface area (Å²) in [7, 11) is 0. The summed E-state index contributed by atoms with van der Waals surface area (Å²) in [6.07, 6.45) is 10.2. The topological polar surface area (TPSA) is 109 Å². The second-order valence-electron chi connectivity index (χ2n) is 10.9. The summed E-state index contributed by atoms with van der Waals surface area (Å²) in [5.74, 6) is 1.00. The fourth-order valence-electron chi connectivity index (χ4n) is 5.02. The number of hydrogen-bond donors (Lipinski definition) is 0. The third-order valence-corrected chi connectivity index (χ3v) is 8.12. The Morgan fingerprint density at radius 2 is 1.88 bits per heavy atom. The zero-order valence-electron chi connectivity index (χ0n) is 24.1. The average Bonchev–Trinajstić information content (AvgIpc) is 3.65. The summed E-state index contributed by atoms with van der Waals surface area (Å²) in [5, 5.41) is 13.3. The quantitative estimate of drug-likeness (QED) is 0.202. The minimum atomic E-state index is -0.844. The molecule has 1 unspecified atom stereocenters. The number of hydrogen-bond acceptors (Lipinski definition) is 8. The molecule has 1 saturated carbocycles. The van der Waals surface area contributed by atoms with E-state index in [1.165, 1.54) is 29.2 Å². The normalized spacial score (nSPS) is 16.0. The van der Waals surface area contributed by atoms with E-state index in [0.29, 0.717) is 35.6 Å². The summed E-state index contributed by atoms with van der Waals surface area (Å²) in [5.41, 5.74) is -0.149. The zero-order chi connectivity index (χ0) is 30.2. The largest absolute Gasteiger partial charge is 0.465 e. The van der Waals surface area contributed by atoms with Crippen molar-refractivity contribution in [2.75, 3.05) is 6.61 Å². The number of halogens is 2. The molecule has 0 N–H and O–H groups in total. The van der Waals surface area contributed by atoms with E-state index in [-0.39, 0.29) is 35.7 Å². The van der Waals surface area contributed by atoms with Gasteiger partial charge in [0.1, 0.15) is 23.4 Å². The van der Waals surface area contributed by atoms with Crippen molar-refractivity contribution in [2.45, 2.75) is 64.2 Å². The van der Waals surface area contributed by atoms with Gasteiger partial charge in [-0.2, -0.15) is 9.78 Å². The standard InChI is InChI=1S/C31H31F2N7O2/c1-7-19(5)20-16-23(25-21(32)10-9-11-22(25)33)37-38-26(20)30(6,18(3)4)24-12-15-34-29(36-24)40-17-35-27(39-40)31(13-14-31)28(41)42-8-2/h1,9-12,15-19H,8,13-14H2,2-6H3/t19-,30?/m1/s1. The van der Waals surface area contributed by atoms with Gasteiger partial charge in [0.15, 0.2) is 5.82 Å². The van der Waals surface area contributed by atoms with E-state index in [1.54, 1.807) is 25.3 Å². The summed E-state index contributed by atoms with van der Waals surface area (Å²) in [4.78, 5) is 26.2. The molecule has 1 aromatic carbocycles. The highest BCUT2D eigenvalue weighted by molar-refractivity contribution is 5.85. The van der Waals surface area contributed by atoms with E-state index in [2.05, 4.69) is 31.2 Å². The fourth-order valence-corrected chi connectivity index (χ4v) is 5.02. The third-order valence-electron chi connectivity index (χ3n) is 8.12. The van der Waals surface area contributed by atoms with Crippen LogP contribution in [0.3, 0.4) is 0 Å². The predicted molar refractivity (Wildman–Crippen MR) is 150 cm³/mol. The number of aromatic nitrogens is 7. The highest BCUT2D eigenvalue weighted by Gasteiger charge is 2.56. The van der Waals surface area contributed by atoms with Gasteiger partial charge in [0, 0.05) is 12.1 Å². The van der Waals surface area contributed by atoms with Crippen LogP contribution in [0.2, 0.25) is 0 Å². The number of benzene rings is 1. The monoisotopic (exact) mass is 571 g/mol. The van der Waals surface area contributed by atoms with E-state index in [0.717, 1.165) is 0 Å². The molecule has 0 aliphatic heterocycles. The van der Waals surface area contributed by atoms with Gasteiger partial charge < -0.3 is 4.74 Å². The molecule has 3 heterocycles. The molecule has 1 aliphatic rings. The first-order valence-electron chi connectivity index (χ1n) is 13.8. The van der Waals surface area contributed by atoms with Crippen LogP contribution in [0.4, 0.5) is 8.78 Å². The molecule has 11 heteroatoms. The molecule has 1 aliphatic carbocycles. The van der Waals surface area contributed by atoms with Gasteiger partial charge in [-0.25, -0.2) is 23.7 Å². The van der Waals surface area contributed by atoms with Gasteiger partial charge in [0.05, 0.1) is 34.7 Å². The molecule has 3 aromatic heterocycles. The maximum absolute atomic E-state index is 14.6. The van der Waals surface area contributed by atoms with Crippen molar-refractivity contribution in [3.05, 3.63) is 77.3 Å². The van der Waals surface area contributed by atoms with Crippen LogP contribution < -0.4 is 0 Å². The van der Waals surface area contributed by atoms with E-state index >= 15 is 0 Å². The van der Waals surface area contributed by atoms with E-state index < -0.39 is 28.4 Å². The lowest BCUT2D eigenvalue weighted by Gasteiger charge is -2.34. The second kappa shape index (κ2) is 11.0. The maximum Gasteiger partial charge on any atom is 0.319 e. The fraction of sp³-hybridized carbons (Fsp3) is 0.387. The van der Waals surface area contributed by atoms with Gasteiger partial charge in [-0.15, -0.1) is 16.6 Å². The molecule has 0 bridgehead atoms. The first-order valence-corrected chi connectivity index (χ1v) is 13.8. The van der Waals surface area contributed by atoms with Gasteiger partial charge in [-0.05, 0) is 69.4 Å². The SMILES string of the molecule is C#C[C@@H](C)c1cc(-c2c(F)cccc2F)nnc1C(C)(c1ccnc(-n2cnc(C3(C(=O)OCC)CC3)n2)n1)C(C)C. The molecule has 1 fully saturated rings. The highest BCUT2D eigenvalue weighted by atomic mass is 19.1. The van der Waals surface area contributed by atoms with Crippen molar-refractivity contribution in [2.24, 2.45) is 5.92 Å². The molecule has 4 aromatic rings. The van der Waals surface area contributed by atoms with E-state index in [9.17, 15) is 13.6 Å². The highest BCUT2D eigenvalue weighted by Crippen LogP contribution is 2.48. The number of ether oxygens (including phenoxy) is 1. The van der Waals surface area contributed by atoms with Gasteiger partial charge in [-0.3, -0.25) is 4.79 Å². The molecule has 0 spiro atoms. The van der Waals surface area contributed by atoms with Crippen LogP contribution in [0.5, 0.6) is 0 Å². The number of carbonyl (C=O) groups is 1. The summed E-state index contributed by atoms with van der Waals surface area (Å²) in [6.45, 7) is 9.86. The van der Waals surface area contributed by atoms with Crippen LogP contribution in [-0.4, -0.2) is 47.5 Å². The summed E-state index contributed by atoms with van der Waals surface area (Å²) in [6, 6.07) is 7.02. The van der Waals surface area contributed by atoms with Crippen LogP contribution in [0.25, 0.3) is 17.2 Å². The van der Waals surface area contributed by atoms with Crippen LogP contribution in [-0.2, 0) is 20.4 Å². The molecular weight excluding hydrogens is 540 g/mol. The van der Waals surface area contributed by atoms with Crippen molar-refractivity contribution in [3.8, 4) is 29.5 Å². The lowest BCUT2D eigenvalue weighted by Crippen LogP contribution is -2.35. The zero-order valence-corrected chi connectivity index (χ0v) is 24.1. The Labute approximate surface area is 242 Å². The minimum absolute atomic E-state index is 0.0479. The van der Waals surface area contributed by atoms with Gasteiger partial charge >= 0.3 is 5.97 Å². The lowest BCUT2D eigenvalue weighted by atomic mass is 9.70. The molecule has 0 saturated heterocycles. The first kappa shape index (κ1) is 28.9. The Morgan fingerprint density at radius 3 is 2.50 bits per heavy atom. The van der Waals surface area contributed by atoms with Crippen molar-refractivity contribution >= 4 is 5.97 Å². The van der Waals surface area contributed by atoms with Crippen molar-refractivity contribution in [3.63, 3.8) is 0 Å². The second-order valence-corrected chi connectivity index (χ2v) is 10.9. The lowest BCUT2D eigenvalue weighted by molar-refractivity contribution is -0.146. The van der Waals surface area contributed by atoms with Crippen LogP contribution >= 0.6 is 0 Å². The van der Waals surface area contributed by atoms with Crippen LogP contribution in [0, 0.1) is 29.9 Å². The molecular formula is C31H31F2N7O2. The van der Waals surface area contributed by atoms with E-state index in [4.69, 9.17) is 16.1 Å². The number of esters is 1. The van der Waals surface area contributed by atoms with Gasteiger partial charge in [0.25, 0.3) is 5.95 Å². The number of rotatable bonds is 9. The molecule has 2 atom stereocenters. The molecule has 5 rings (SSSR count). The molecule has 42 heavy (non-hydrogen) atoms. The molecule has 9 nitrogen and oxygen atoms in total. The number of nitrogens with zero attached hydrogens (tertiary/aromatic N) is 7. The first-order chi connectivity index (χ1) is 20.1. The number of carbonyl (C=O) groups excluding carboxylic acids is 1. The Hall–Kier alpha value is -4.59. The summed E-state index contributed by atoms with van der Waals surface area (Å²) < 4.78 is 36.0. The van der Waals surface area contributed by atoms with Crippen LogP contribution in [0.15, 0.2) is 42.9 Å². The minimum Gasteiger partial charge on any atom is -0.465 e. The van der Waals surface area contributed by atoms with E-state index in [1.807, 2.05) is 27.7 Å². The molecule has 0 amide bonds. The smallest absolute Gasteiger partial charge is 0.319 e. The van der Waals surface area contributed by atoms with Crippen molar-refractivity contribution in [1.82, 2.24) is 34.9 Å². The third kappa shape index (κ3) is 4.81. The Morgan fingerprint density at radius 1 is 1.17 bits per heavy atom. The average molecular weight is 572 g/mol.